The average molecular weight is 350 g/mol. The molecule has 1 N–H and O–H groups in total. The maximum atomic E-state index is 12.4. The van der Waals surface area contributed by atoms with Gasteiger partial charge in [0.2, 0.25) is 5.91 Å². The van der Waals surface area contributed by atoms with E-state index in [1.54, 1.807) is 26.2 Å². The fraction of sp³-hybridized carbons (Fsp3) is 0.300. The van der Waals surface area contributed by atoms with Gasteiger partial charge >= 0.3 is 0 Å². The van der Waals surface area contributed by atoms with Crippen molar-refractivity contribution in [3.63, 3.8) is 0 Å². The second kappa shape index (κ2) is 7.47. The molecule has 3 rings (SSSR count). The van der Waals surface area contributed by atoms with Gasteiger partial charge in [-0.3, -0.25) is 9.59 Å². The molecular weight excluding hydrogens is 328 g/mol. The molecule has 2 amide bonds. The van der Waals surface area contributed by atoms with Crippen molar-refractivity contribution in [1.82, 2.24) is 9.99 Å². The number of anilines is 1. The summed E-state index contributed by atoms with van der Waals surface area (Å²) in [6.45, 7) is 3.86. The number of carbonyl (C=O) groups is 2. The zero-order chi connectivity index (χ0) is 18.7. The smallest absolute Gasteiger partial charge is 0.273 e. The first-order chi connectivity index (χ1) is 12.4. The van der Waals surface area contributed by atoms with Crippen LogP contribution >= 0.6 is 0 Å². The van der Waals surface area contributed by atoms with Gasteiger partial charge in [-0.15, -0.1) is 0 Å². The van der Waals surface area contributed by atoms with Crippen molar-refractivity contribution < 1.29 is 9.59 Å². The lowest BCUT2D eigenvalue weighted by atomic mass is 10.0. The lowest BCUT2D eigenvalue weighted by Crippen LogP contribution is -2.39. The van der Waals surface area contributed by atoms with Crippen LogP contribution in [0.25, 0.3) is 0 Å². The Hall–Kier alpha value is -3.02. The van der Waals surface area contributed by atoms with Gasteiger partial charge in [-0.05, 0) is 30.5 Å². The first-order valence-corrected chi connectivity index (χ1v) is 8.59. The van der Waals surface area contributed by atoms with Gasteiger partial charge < -0.3 is 5.32 Å². The molecule has 1 aromatic carbocycles. The Morgan fingerprint density at radius 3 is 2.73 bits per heavy atom. The first-order valence-electron chi connectivity index (χ1n) is 8.59. The fourth-order valence-corrected chi connectivity index (χ4v) is 2.95. The molecule has 1 atom stereocenters. The number of hydrazone groups is 1. The second-order valence-electron chi connectivity index (χ2n) is 6.69. The Balaban J connectivity index is 1.65. The van der Waals surface area contributed by atoms with Crippen LogP contribution in [0.4, 0.5) is 5.82 Å². The van der Waals surface area contributed by atoms with Crippen molar-refractivity contribution in [2.45, 2.75) is 26.7 Å². The van der Waals surface area contributed by atoms with Crippen molar-refractivity contribution in [2.24, 2.45) is 11.0 Å². The summed E-state index contributed by atoms with van der Waals surface area (Å²) in [6, 6.07) is 12.1. The minimum atomic E-state index is -0.324. The summed E-state index contributed by atoms with van der Waals surface area (Å²) in [6.07, 6.45) is 2.89. The summed E-state index contributed by atoms with van der Waals surface area (Å²) in [5.74, 6) is -0.184. The largest absolute Gasteiger partial charge is 0.305 e. The molecule has 2 heterocycles. The minimum absolute atomic E-state index is 0.0832. The summed E-state index contributed by atoms with van der Waals surface area (Å²) >= 11 is 0. The van der Waals surface area contributed by atoms with E-state index in [9.17, 15) is 9.59 Å². The SMILES string of the molecule is Cc1cccc(Cc2ccc(NC(=O)C3=NN(C)C(=O)C(C)C3)nc2)c1. The number of hydrogen-bond donors (Lipinski definition) is 1. The van der Waals surface area contributed by atoms with Crippen molar-refractivity contribution in [3.8, 4) is 0 Å². The van der Waals surface area contributed by atoms with Crippen LogP contribution in [0.1, 0.15) is 30.0 Å². The van der Waals surface area contributed by atoms with Gasteiger partial charge in [-0.25, -0.2) is 9.99 Å². The Kier molecular flexibility index (Phi) is 5.11. The lowest BCUT2D eigenvalue weighted by molar-refractivity contribution is -0.134. The van der Waals surface area contributed by atoms with E-state index in [2.05, 4.69) is 40.5 Å². The molecule has 2 aromatic rings. The van der Waals surface area contributed by atoms with Crippen LogP contribution in [0.3, 0.4) is 0 Å². The number of amides is 2. The molecule has 0 saturated carbocycles. The number of hydrogen-bond acceptors (Lipinski definition) is 4. The molecule has 6 heteroatoms. The predicted octanol–water partition coefficient (Wildman–Crippen LogP) is 2.77. The van der Waals surface area contributed by atoms with Crippen molar-refractivity contribution >= 4 is 23.3 Å². The second-order valence-corrected chi connectivity index (χ2v) is 6.69. The lowest BCUT2D eigenvalue weighted by Gasteiger charge is -2.23. The standard InChI is InChI=1S/C20H22N4O2/c1-13-5-4-6-15(9-13)11-16-7-8-18(21-12-16)22-19(25)17-10-14(2)20(26)24(3)23-17/h4-9,12,14H,10-11H2,1-3H3,(H,21,22,25). The van der Waals surface area contributed by atoms with Crippen LogP contribution < -0.4 is 5.32 Å². The van der Waals surface area contributed by atoms with Crippen LogP contribution in [0.5, 0.6) is 0 Å². The number of aryl methyl sites for hydroxylation is 1. The van der Waals surface area contributed by atoms with Crippen molar-refractivity contribution in [3.05, 3.63) is 59.3 Å². The van der Waals surface area contributed by atoms with Gasteiger partial charge in [0.15, 0.2) is 0 Å². The molecule has 0 aliphatic carbocycles. The minimum Gasteiger partial charge on any atom is -0.305 e. The summed E-state index contributed by atoms with van der Waals surface area (Å²) < 4.78 is 0. The van der Waals surface area contributed by atoms with Crippen molar-refractivity contribution in [1.29, 1.82) is 0 Å². The zero-order valence-electron chi connectivity index (χ0n) is 15.2. The molecule has 1 aliphatic heterocycles. The van der Waals surface area contributed by atoms with E-state index in [0.717, 1.165) is 12.0 Å². The van der Waals surface area contributed by atoms with E-state index in [1.165, 1.54) is 16.1 Å². The normalized spacial score (nSPS) is 17.0. The zero-order valence-corrected chi connectivity index (χ0v) is 15.2. The maximum Gasteiger partial charge on any atom is 0.273 e. The molecule has 1 aliphatic rings. The van der Waals surface area contributed by atoms with E-state index in [4.69, 9.17) is 0 Å². The molecule has 0 bridgehead atoms. The van der Waals surface area contributed by atoms with Gasteiger partial charge in [0.25, 0.3) is 5.91 Å². The van der Waals surface area contributed by atoms with Gasteiger partial charge in [-0.2, -0.15) is 5.10 Å². The molecule has 0 saturated heterocycles. The molecule has 1 unspecified atom stereocenters. The summed E-state index contributed by atoms with van der Waals surface area (Å²) in [7, 11) is 1.56. The van der Waals surface area contributed by atoms with E-state index >= 15 is 0 Å². The van der Waals surface area contributed by atoms with Gasteiger partial charge in [0.1, 0.15) is 11.5 Å². The molecule has 26 heavy (non-hydrogen) atoms. The van der Waals surface area contributed by atoms with E-state index in [1.807, 2.05) is 12.1 Å². The highest BCUT2D eigenvalue weighted by Gasteiger charge is 2.28. The van der Waals surface area contributed by atoms with Crippen LogP contribution in [0, 0.1) is 12.8 Å². The highest BCUT2D eigenvalue weighted by atomic mass is 16.2. The third-order valence-corrected chi connectivity index (χ3v) is 4.33. The predicted molar refractivity (Wildman–Crippen MR) is 101 cm³/mol. The molecule has 134 valence electrons. The topological polar surface area (TPSA) is 74.7 Å². The summed E-state index contributed by atoms with van der Waals surface area (Å²) in [4.78, 5) is 28.4. The average Bonchev–Trinajstić information content (AvgIpc) is 2.61. The van der Waals surface area contributed by atoms with Gasteiger partial charge in [-0.1, -0.05) is 42.8 Å². The number of rotatable bonds is 4. The Morgan fingerprint density at radius 2 is 2.08 bits per heavy atom. The number of nitrogens with one attached hydrogen (secondary N) is 1. The van der Waals surface area contributed by atoms with E-state index in [-0.39, 0.29) is 17.7 Å². The quantitative estimate of drug-likeness (QED) is 0.921. The maximum absolute atomic E-state index is 12.4. The van der Waals surface area contributed by atoms with Crippen LogP contribution in [-0.2, 0) is 16.0 Å². The highest BCUT2D eigenvalue weighted by Crippen LogP contribution is 2.16. The van der Waals surface area contributed by atoms with Crippen LogP contribution in [0.15, 0.2) is 47.7 Å². The Bertz CT molecular complexity index is 858. The molecule has 0 radical (unpaired) electrons. The Morgan fingerprint density at radius 1 is 1.27 bits per heavy atom. The Labute approximate surface area is 152 Å². The monoisotopic (exact) mass is 350 g/mol. The third-order valence-electron chi connectivity index (χ3n) is 4.33. The molecule has 0 fully saturated rings. The number of benzene rings is 1. The van der Waals surface area contributed by atoms with Gasteiger partial charge in [0, 0.05) is 25.6 Å². The summed E-state index contributed by atoms with van der Waals surface area (Å²) in [5, 5.41) is 8.02. The summed E-state index contributed by atoms with van der Waals surface area (Å²) in [5.41, 5.74) is 3.86. The first kappa shape index (κ1) is 17.8. The molecule has 0 spiro atoms. The highest BCUT2D eigenvalue weighted by molar-refractivity contribution is 6.43. The van der Waals surface area contributed by atoms with E-state index in [0.29, 0.717) is 18.0 Å². The fourth-order valence-electron chi connectivity index (χ4n) is 2.95. The number of aromatic nitrogens is 1. The molecule has 1 aromatic heterocycles. The van der Waals surface area contributed by atoms with Crippen molar-refractivity contribution in [2.75, 3.05) is 12.4 Å². The number of pyridine rings is 1. The number of carbonyl (C=O) groups excluding carboxylic acids is 2. The van der Waals surface area contributed by atoms with Gasteiger partial charge in [0.05, 0.1) is 0 Å². The molecular formula is C20H22N4O2. The third kappa shape index (κ3) is 4.14. The van der Waals surface area contributed by atoms with Crippen LogP contribution in [-0.4, -0.2) is 34.6 Å². The number of nitrogens with zero attached hydrogens (tertiary/aromatic N) is 3. The molecule has 6 nitrogen and oxygen atoms in total. The van der Waals surface area contributed by atoms with E-state index < -0.39 is 0 Å². The van der Waals surface area contributed by atoms with Crippen LogP contribution in [0.2, 0.25) is 0 Å².